The molecule has 0 saturated heterocycles. The second-order valence-electron chi connectivity index (χ2n) is 7.76. The van der Waals surface area contributed by atoms with E-state index in [1.807, 2.05) is 38.1 Å². The molecule has 0 bridgehead atoms. The molecular formula is C26H34N4O6S2. The summed E-state index contributed by atoms with van der Waals surface area (Å²) in [6, 6.07) is 14.5. The van der Waals surface area contributed by atoms with Gasteiger partial charge in [-0.15, -0.1) is 0 Å². The van der Waals surface area contributed by atoms with Crippen LogP contribution in [0.5, 0.6) is 11.5 Å². The second kappa shape index (κ2) is 18.0. The van der Waals surface area contributed by atoms with Gasteiger partial charge in [-0.1, -0.05) is 56.2 Å². The molecule has 4 N–H and O–H groups in total. The third kappa shape index (κ3) is 11.3. The highest BCUT2D eigenvalue weighted by Crippen LogP contribution is 2.19. The van der Waals surface area contributed by atoms with Crippen LogP contribution in [-0.4, -0.2) is 71.5 Å². The van der Waals surface area contributed by atoms with Crippen molar-refractivity contribution in [2.24, 2.45) is 10.3 Å². The van der Waals surface area contributed by atoms with Crippen LogP contribution in [0.25, 0.3) is 0 Å². The van der Waals surface area contributed by atoms with E-state index < -0.39 is 11.8 Å². The van der Waals surface area contributed by atoms with Crippen LogP contribution in [0.4, 0.5) is 0 Å². The number of hydrogen-bond donors (Lipinski definition) is 4. The van der Waals surface area contributed by atoms with E-state index in [0.29, 0.717) is 37.8 Å². The summed E-state index contributed by atoms with van der Waals surface area (Å²) in [6.07, 6.45) is 0.405. The normalized spacial score (nSPS) is 11.6. The van der Waals surface area contributed by atoms with Crippen LogP contribution >= 0.6 is 21.6 Å². The van der Waals surface area contributed by atoms with Gasteiger partial charge in [-0.3, -0.25) is 9.59 Å². The highest BCUT2D eigenvalue weighted by Gasteiger charge is 2.14. The molecule has 12 heteroatoms. The van der Waals surface area contributed by atoms with E-state index in [1.165, 1.54) is 0 Å². The number of rotatable bonds is 17. The summed E-state index contributed by atoms with van der Waals surface area (Å²) in [4.78, 5) is 24.6. The van der Waals surface area contributed by atoms with Gasteiger partial charge >= 0.3 is 0 Å². The average Bonchev–Trinajstić information content (AvgIpc) is 2.93. The minimum Gasteiger partial charge on any atom is -0.494 e. The molecule has 38 heavy (non-hydrogen) atoms. The van der Waals surface area contributed by atoms with E-state index in [1.54, 1.807) is 45.9 Å². The quantitative estimate of drug-likeness (QED) is 0.0754. The monoisotopic (exact) mass is 562 g/mol. The van der Waals surface area contributed by atoms with E-state index in [4.69, 9.17) is 9.47 Å². The van der Waals surface area contributed by atoms with Crippen LogP contribution in [0.15, 0.2) is 58.8 Å². The van der Waals surface area contributed by atoms with Crippen LogP contribution < -0.4 is 20.1 Å². The van der Waals surface area contributed by atoms with Gasteiger partial charge in [0, 0.05) is 37.4 Å². The van der Waals surface area contributed by atoms with Crippen molar-refractivity contribution in [1.82, 2.24) is 10.6 Å². The van der Waals surface area contributed by atoms with Crippen molar-refractivity contribution in [2.45, 2.75) is 26.7 Å². The number of nitrogens with one attached hydrogen (secondary N) is 2. The van der Waals surface area contributed by atoms with Gasteiger partial charge in [0.15, 0.2) is 0 Å². The Bertz CT molecular complexity index is 977. The van der Waals surface area contributed by atoms with Crippen LogP contribution in [-0.2, 0) is 22.4 Å². The predicted octanol–water partition coefficient (Wildman–Crippen LogP) is 3.54. The van der Waals surface area contributed by atoms with Crippen LogP contribution in [0.3, 0.4) is 0 Å². The first-order valence-corrected chi connectivity index (χ1v) is 14.7. The lowest BCUT2D eigenvalue weighted by molar-refractivity contribution is -0.115. The standard InChI is InChI=1S/C26H34N4O6S2/c1-3-35-21-9-5-19(6-10-21)17-23(29-33)25(31)27-13-15-37-38-16-14-28-26(32)24(30-34)18-20-7-11-22(12-8-20)36-4-2/h5-12,33-34H,3-4,13-18H2,1-2H3,(H,27,31)(H,28,32)/b29-23-,30-24+. The smallest absolute Gasteiger partial charge is 0.269 e. The molecule has 0 radical (unpaired) electrons. The first-order valence-electron chi connectivity index (χ1n) is 12.2. The van der Waals surface area contributed by atoms with E-state index in [0.717, 1.165) is 22.6 Å². The number of ether oxygens (including phenoxy) is 2. The first kappa shape index (κ1) is 30.8. The number of nitrogens with zero attached hydrogens (tertiary/aromatic N) is 2. The highest BCUT2D eigenvalue weighted by molar-refractivity contribution is 8.76. The van der Waals surface area contributed by atoms with Crippen molar-refractivity contribution in [3.05, 3.63) is 59.7 Å². The van der Waals surface area contributed by atoms with Crippen molar-refractivity contribution >= 4 is 44.8 Å². The van der Waals surface area contributed by atoms with Gasteiger partial charge in [-0.2, -0.15) is 0 Å². The fourth-order valence-corrected chi connectivity index (χ4v) is 5.00. The summed E-state index contributed by atoms with van der Waals surface area (Å²) < 4.78 is 10.8. The zero-order valence-corrected chi connectivity index (χ0v) is 23.1. The Hall–Kier alpha value is -3.38. The SMILES string of the molecule is CCOc1ccc(C/C(=N/O)C(=O)NCCSSCCNC(=O)/C(Cc2ccc(OCC)cc2)=N/O)cc1. The summed E-state index contributed by atoms with van der Waals surface area (Å²) >= 11 is 0. The zero-order valence-electron chi connectivity index (χ0n) is 21.5. The molecule has 0 aliphatic heterocycles. The van der Waals surface area contributed by atoms with Gasteiger partial charge in [0.05, 0.1) is 13.2 Å². The fourth-order valence-electron chi connectivity index (χ4n) is 3.18. The Kier molecular flexibility index (Phi) is 14.6. The Labute approximate surface area is 230 Å². The third-order valence-corrected chi connectivity index (χ3v) is 7.41. The highest BCUT2D eigenvalue weighted by atomic mass is 33.1. The number of carbonyl (C=O) groups is 2. The molecule has 0 fully saturated rings. The van der Waals surface area contributed by atoms with E-state index in [-0.39, 0.29) is 24.3 Å². The van der Waals surface area contributed by atoms with Crippen LogP contribution in [0.1, 0.15) is 25.0 Å². The molecule has 10 nitrogen and oxygen atoms in total. The molecule has 0 heterocycles. The molecule has 2 rings (SSSR count). The number of carbonyl (C=O) groups excluding carboxylic acids is 2. The molecule has 0 saturated carbocycles. The van der Waals surface area contributed by atoms with E-state index in [9.17, 15) is 20.0 Å². The molecule has 2 amide bonds. The maximum atomic E-state index is 12.3. The largest absolute Gasteiger partial charge is 0.494 e. The lowest BCUT2D eigenvalue weighted by Gasteiger charge is -2.09. The average molecular weight is 563 g/mol. The molecule has 0 spiro atoms. The summed E-state index contributed by atoms with van der Waals surface area (Å²) in [5.41, 5.74) is 1.72. The molecule has 206 valence electrons. The van der Waals surface area contributed by atoms with Gasteiger partial charge in [-0.05, 0) is 49.2 Å². The molecular weight excluding hydrogens is 528 g/mol. The van der Waals surface area contributed by atoms with Crippen LogP contribution in [0.2, 0.25) is 0 Å². The summed E-state index contributed by atoms with van der Waals surface area (Å²) in [6.45, 7) is 5.74. The lowest BCUT2D eigenvalue weighted by Crippen LogP contribution is -2.34. The zero-order chi connectivity index (χ0) is 27.6. The molecule has 0 aromatic heterocycles. The Morgan fingerprint density at radius 2 is 1.08 bits per heavy atom. The second-order valence-corrected chi connectivity index (χ2v) is 10.5. The van der Waals surface area contributed by atoms with E-state index >= 15 is 0 Å². The van der Waals surface area contributed by atoms with E-state index in [2.05, 4.69) is 20.9 Å². The van der Waals surface area contributed by atoms with Crippen molar-refractivity contribution in [2.75, 3.05) is 37.8 Å². The van der Waals surface area contributed by atoms with Gasteiger partial charge in [0.1, 0.15) is 22.9 Å². The maximum Gasteiger partial charge on any atom is 0.269 e. The Balaban J connectivity index is 1.59. The number of hydrogen-bond acceptors (Lipinski definition) is 10. The van der Waals surface area contributed by atoms with Gasteiger partial charge in [-0.25, -0.2) is 0 Å². The number of benzene rings is 2. The van der Waals surface area contributed by atoms with Crippen molar-refractivity contribution in [3.8, 4) is 11.5 Å². The van der Waals surface area contributed by atoms with Crippen molar-refractivity contribution in [3.63, 3.8) is 0 Å². The van der Waals surface area contributed by atoms with Gasteiger partial charge in [0.25, 0.3) is 11.8 Å². The van der Waals surface area contributed by atoms with Crippen molar-refractivity contribution in [1.29, 1.82) is 0 Å². The molecule has 2 aromatic carbocycles. The van der Waals surface area contributed by atoms with Crippen LogP contribution in [0, 0.1) is 0 Å². The molecule has 0 atom stereocenters. The predicted molar refractivity (Wildman–Crippen MR) is 152 cm³/mol. The molecule has 0 aliphatic rings. The maximum absolute atomic E-state index is 12.3. The minimum atomic E-state index is -0.428. The summed E-state index contributed by atoms with van der Waals surface area (Å²) in [5.74, 6) is 1.89. The fraction of sp³-hybridized carbons (Fsp3) is 0.385. The van der Waals surface area contributed by atoms with Gasteiger partial charge < -0.3 is 30.5 Å². The summed E-state index contributed by atoms with van der Waals surface area (Å²) in [5, 5.41) is 30.3. The Morgan fingerprint density at radius 3 is 1.39 bits per heavy atom. The molecule has 0 unspecified atom stereocenters. The molecule has 0 aliphatic carbocycles. The van der Waals surface area contributed by atoms with Crippen molar-refractivity contribution < 1.29 is 29.5 Å². The lowest BCUT2D eigenvalue weighted by atomic mass is 10.1. The summed E-state index contributed by atoms with van der Waals surface area (Å²) in [7, 11) is 3.08. The third-order valence-electron chi connectivity index (χ3n) is 5.00. The topological polar surface area (TPSA) is 142 Å². The Morgan fingerprint density at radius 1 is 0.711 bits per heavy atom. The number of amides is 2. The first-order chi connectivity index (χ1) is 18.5. The molecule has 2 aromatic rings. The van der Waals surface area contributed by atoms with Gasteiger partial charge in [0.2, 0.25) is 0 Å². The minimum absolute atomic E-state index is 0.0288. The number of oxime groups is 2.